The fraction of sp³-hybridized carbons (Fsp3) is 0.308. The highest BCUT2D eigenvalue weighted by atomic mass is 79.9. The van der Waals surface area contributed by atoms with Crippen molar-refractivity contribution in [3.05, 3.63) is 39.6 Å². The van der Waals surface area contributed by atoms with E-state index in [9.17, 15) is 5.11 Å². The molecule has 0 radical (unpaired) electrons. The van der Waals surface area contributed by atoms with Gasteiger partial charge in [0.1, 0.15) is 10.4 Å². The molecule has 1 aromatic carbocycles. The third-order valence-electron chi connectivity index (χ3n) is 2.87. The first-order valence-corrected chi connectivity index (χ1v) is 6.23. The number of aromatic nitrogens is 2. The van der Waals surface area contributed by atoms with Crippen molar-refractivity contribution in [2.24, 2.45) is 7.05 Å². The van der Waals surface area contributed by atoms with Gasteiger partial charge in [0.2, 0.25) is 0 Å². The third kappa shape index (κ3) is 2.15. The normalized spacial score (nSPS) is 10.9. The standard InChI is InChI=1S/C13H15BrN2O/c1-8-4-5-9(2)10(6-8)13-15-11(7-17)12(14)16(13)3/h4-6,17H,7H2,1-3H3. The van der Waals surface area contributed by atoms with Crippen molar-refractivity contribution in [1.82, 2.24) is 9.55 Å². The van der Waals surface area contributed by atoms with Crippen LogP contribution in [0.3, 0.4) is 0 Å². The number of aryl methyl sites for hydroxylation is 2. The van der Waals surface area contributed by atoms with Crippen LogP contribution in [0.4, 0.5) is 0 Å². The molecule has 17 heavy (non-hydrogen) atoms. The summed E-state index contributed by atoms with van der Waals surface area (Å²) in [7, 11) is 1.94. The topological polar surface area (TPSA) is 38.1 Å². The van der Waals surface area contributed by atoms with Crippen molar-refractivity contribution in [2.75, 3.05) is 0 Å². The molecule has 0 amide bonds. The predicted octanol–water partition coefficient (Wildman–Crippen LogP) is 2.96. The molecule has 3 nitrogen and oxygen atoms in total. The Labute approximate surface area is 109 Å². The summed E-state index contributed by atoms with van der Waals surface area (Å²) in [6, 6.07) is 6.29. The maximum absolute atomic E-state index is 9.22. The molecule has 4 heteroatoms. The number of halogens is 1. The van der Waals surface area contributed by atoms with Gasteiger partial charge in [0, 0.05) is 12.6 Å². The largest absolute Gasteiger partial charge is 0.390 e. The van der Waals surface area contributed by atoms with Crippen LogP contribution in [0, 0.1) is 13.8 Å². The number of aliphatic hydroxyl groups is 1. The molecule has 0 aliphatic heterocycles. The molecular weight excluding hydrogens is 280 g/mol. The van der Waals surface area contributed by atoms with Gasteiger partial charge >= 0.3 is 0 Å². The summed E-state index contributed by atoms with van der Waals surface area (Å²) in [5.74, 6) is 0.877. The predicted molar refractivity (Wildman–Crippen MR) is 71.7 cm³/mol. The second-order valence-corrected chi connectivity index (χ2v) is 4.96. The minimum Gasteiger partial charge on any atom is -0.390 e. The maximum atomic E-state index is 9.22. The Bertz CT molecular complexity index is 561. The fourth-order valence-corrected chi connectivity index (χ4v) is 2.24. The lowest BCUT2D eigenvalue weighted by atomic mass is 10.1. The van der Waals surface area contributed by atoms with Gasteiger partial charge in [0.25, 0.3) is 0 Å². The molecule has 1 N–H and O–H groups in total. The van der Waals surface area contributed by atoms with Crippen molar-refractivity contribution in [2.45, 2.75) is 20.5 Å². The van der Waals surface area contributed by atoms with Gasteiger partial charge in [-0.05, 0) is 41.4 Å². The van der Waals surface area contributed by atoms with Gasteiger partial charge in [-0.2, -0.15) is 0 Å². The van der Waals surface area contributed by atoms with E-state index in [0.29, 0.717) is 5.69 Å². The van der Waals surface area contributed by atoms with Crippen LogP contribution in [0.5, 0.6) is 0 Å². The van der Waals surface area contributed by atoms with Crippen molar-refractivity contribution in [3.63, 3.8) is 0 Å². The van der Waals surface area contributed by atoms with Crippen molar-refractivity contribution >= 4 is 15.9 Å². The van der Waals surface area contributed by atoms with Gasteiger partial charge in [-0.1, -0.05) is 17.7 Å². The van der Waals surface area contributed by atoms with Crippen LogP contribution in [0.25, 0.3) is 11.4 Å². The summed E-state index contributed by atoms with van der Waals surface area (Å²) in [4.78, 5) is 4.47. The van der Waals surface area contributed by atoms with Gasteiger partial charge in [-0.15, -0.1) is 0 Å². The summed E-state index contributed by atoms with van der Waals surface area (Å²) in [6.45, 7) is 4.07. The number of rotatable bonds is 2. The van der Waals surface area contributed by atoms with Crippen LogP contribution in [-0.2, 0) is 13.7 Å². The van der Waals surface area contributed by atoms with E-state index in [4.69, 9.17) is 0 Å². The van der Waals surface area contributed by atoms with Crippen molar-refractivity contribution < 1.29 is 5.11 Å². The zero-order valence-electron chi connectivity index (χ0n) is 10.2. The fourth-order valence-electron chi connectivity index (χ4n) is 1.85. The van der Waals surface area contributed by atoms with E-state index in [0.717, 1.165) is 16.0 Å². The molecule has 0 spiro atoms. The molecule has 0 atom stereocenters. The molecule has 90 valence electrons. The second kappa shape index (κ2) is 4.63. The summed E-state index contributed by atoms with van der Waals surface area (Å²) in [5, 5.41) is 9.22. The molecule has 0 unspecified atom stereocenters. The first-order valence-electron chi connectivity index (χ1n) is 5.44. The van der Waals surface area contributed by atoms with E-state index in [1.54, 1.807) is 0 Å². The lowest BCUT2D eigenvalue weighted by molar-refractivity contribution is 0.276. The second-order valence-electron chi connectivity index (χ2n) is 4.21. The van der Waals surface area contributed by atoms with E-state index in [1.807, 2.05) is 11.6 Å². The number of hydrogen-bond acceptors (Lipinski definition) is 2. The minimum atomic E-state index is -0.0563. The lowest BCUT2D eigenvalue weighted by Gasteiger charge is -2.07. The zero-order valence-corrected chi connectivity index (χ0v) is 11.7. The molecule has 1 heterocycles. The Morgan fingerprint density at radius 3 is 2.65 bits per heavy atom. The lowest BCUT2D eigenvalue weighted by Crippen LogP contribution is -1.95. The Kier molecular flexibility index (Phi) is 3.35. The van der Waals surface area contributed by atoms with E-state index < -0.39 is 0 Å². The zero-order chi connectivity index (χ0) is 12.6. The minimum absolute atomic E-state index is 0.0563. The number of hydrogen-bond donors (Lipinski definition) is 1. The summed E-state index contributed by atoms with van der Waals surface area (Å²) < 4.78 is 2.78. The van der Waals surface area contributed by atoms with Gasteiger partial charge in [0.15, 0.2) is 0 Å². The molecule has 0 bridgehead atoms. The molecule has 1 aromatic heterocycles. The van der Waals surface area contributed by atoms with Crippen LogP contribution < -0.4 is 0 Å². The van der Waals surface area contributed by atoms with E-state index in [-0.39, 0.29) is 6.61 Å². The number of aliphatic hydroxyl groups excluding tert-OH is 1. The smallest absolute Gasteiger partial charge is 0.141 e. The highest BCUT2D eigenvalue weighted by molar-refractivity contribution is 9.10. The molecule has 0 saturated carbocycles. The molecule has 0 aliphatic rings. The van der Waals surface area contributed by atoms with Crippen LogP contribution >= 0.6 is 15.9 Å². The van der Waals surface area contributed by atoms with E-state index in [2.05, 4.69) is 53.0 Å². The average molecular weight is 295 g/mol. The van der Waals surface area contributed by atoms with Crippen LogP contribution in [0.1, 0.15) is 16.8 Å². The molecule has 0 aliphatic carbocycles. The van der Waals surface area contributed by atoms with Crippen LogP contribution in [-0.4, -0.2) is 14.7 Å². The van der Waals surface area contributed by atoms with Crippen molar-refractivity contribution in [1.29, 1.82) is 0 Å². The molecular formula is C13H15BrN2O. The Morgan fingerprint density at radius 2 is 2.06 bits per heavy atom. The van der Waals surface area contributed by atoms with Gasteiger partial charge in [0.05, 0.1) is 12.3 Å². The van der Waals surface area contributed by atoms with Gasteiger partial charge < -0.3 is 9.67 Å². The van der Waals surface area contributed by atoms with Crippen molar-refractivity contribution in [3.8, 4) is 11.4 Å². The van der Waals surface area contributed by atoms with E-state index in [1.165, 1.54) is 11.1 Å². The maximum Gasteiger partial charge on any atom is 0.141 e. The first-order chi connectivity index (χ1) is 8.04. The molecule has 2 rings (SSSR count). The Hall–Kier alpha value is -1.13. The van der Waals surface area contributed by atoms with Gasteiger partial charge in [-0.25, -0.2) is 4.98 Å². The molecule has 0 fully saturated rings. The molecule has 2 aromatic rings. The van der Waals surface area contributed by atoms with Gasteiger partial charge in [-0.3, -0.25) is 0 Å². The van der Waals surface area contributed by atoms with Crippen LogP contribution in [0.15, 0.2) is 22.8 Å². The Morgan fingerprint density at radius 1 is 1.35 bits per heavy atom. The summed E-state index contributed by atoms with van der Waals surface area (Å²) in [5.41, 5.74) is 4.16. The Balaban J connectivity index is 2.64. The highest BCUT2D eigenvalue weighted by Crippen LogP contribution is 2.28. The number of imidazole rings is 1. The number of nitrogens with zero attached hydrogens (tertiary/aromatic N) is 2. The first kappa shape index (κ1) is 12.3. The third-order valence-corrected chi connectivity index (χ3v) is 3.86. The highest BCUT2D eigenvalue weighted by Gasteiger charge is 2.14. The summed E-state index contributed by atoms with van der Waals surface area (Å²) in [6.07, 6.45) is 0. The van der Waals surface area contributed by atoms with Crippen LogP contribution in [0.2, 0.25) is 0 Å². The molecule has 0 saturated heterocycles. The quantitative estimate of drug-likeness (QED) is 0.925. The van der Waals surface area contributed by atoms with E-state index >= 15 is 0 Å². The monoisotopic (exact) mass is 294 g/mol. The number of benzene rings is 1. The summed E-state index contributed by atoms with van der Waals surface area (Å²) >= 11 is 3.44. The average Bonchev–Trinajstić information content (AvgIpc) is 2.59. The SMILES string of the molecule is Cc1ccc(C)c(-c2nc(CO)c(Br)n2C)c1.